The zero-order chi connectivity index (χ0) is 13.5. The zero-order valence-corrected chi connectivity index (χ0v) is 9.50. The standard InChI is InChI=1S/C12H12F2N2O2/c1-2-5-15-11(17)7-16-12(18)8-3-4-9(13)10(14)6-8/h2-4,6H,1,5,7H2,(H,15,17)(H,16,18). The molecular formula is C12H12F2N2O2. The summed E-state index contributed by atoms with van der Waals surface area (Å²) < 4.78 is 25.5. The van der Waals surface area contributed by atoms with E-state index in [2.05, 4.69) is 17.2 Å². The fraction of sp³-hybridized carbons (Fsp3) is 0.167. The van der Waals surface area contributed by atoms with E-state index in [0.717, 1.165) is 18.2 Å². The molecule has 0 aliphatic carbocycles. The minimum Gasteiger partial charge on any atom is -0.351 e. The minimum atomic E-state index is -1.11. The van der Waals surface area contributed by atoms with Gasteiger partial charge in [0.15, 0.2) is 11.6 Å². The van der Waals surface area contributed by atoms with Gasteiger partial charge in [-0.2, -0.15) is 0 Å². The largest absolute Gasteiger partial charge is 0.351 e. The van der Waals surface area contributed by atoms with Crippen LogP contribution in [0.2, 0.25) is 0 Å². The van der Waals surface area contributed by atoms with Crippen LogP contribution in [0.15, 0.2) is 30.9 Å². The second kappa shape index (κ2) is 6.48. The number of hydrogen-bond donors (Lipinski definition) is 2. The van der Waals surface area contributed by atoms with Gasteiger partial charge in [0.2, 0.25) is 5.91 Å². The quantitative estimate of drug-likeness (QED) is 0.770. The maximum absolute atomic E-state index is 12.9. The lowest BCUT2D eigenvalue weighted by Crippen LogP contribution is -2.36. The molecule has 1 rings (SSSR count). The lowest BCUT2D eigenvalue weighted by atomic mass is 10.2. The Labute approximate surface area is 103 Å². The lowest BCUT2D eigenvalue weighted by molar-refractivity contribution is -0.119. The number of carbonyl (C=O) groups is 2. The van der Waals surface area contributed by atoms with Crippen molar-refractivity contribution in [2.75, 3.05) is 13.1 Å². The van der Waals surface area contributed by atoms with Gasteiger partial charge in [0, 0.05) is 12.1 Å². The molecule has 0 fully saturated rings. The first-order valence-electron chi connectivity index (χ1n) is 5.15. The maximum atomic E-state index is 12.9. The highest BCUT2D eigenvalue weighted by molar-refractivity contribution is 5.96. The van der Waals surface area contributed by atoms with Crippen LogP contribution in [-0.2, 0) is 4.79 Å². The summed E-state index contributed by atoms with van der Waals surface area (Å²) in [7, 11) is 0. The highest BCUT2D eigenvalue weighted by Crippen LogP contribution is 2.08. The summed E-state index contributed by atoms with van der Waals surface area (Å²) in [5.41, 5.74) is -0.0505. The van der Waals surface area contributed by atoms with Crippen LogP contribution in [0.3, 0.4) is 0 Å². The Balaban J connectivity index is 2.52. The Kier molecular flexibility index (Phi) is 4.98. The van der Waals surface area contributed by atoms with Crippen molar-refractivity contribution in [2.24, 2.45) is 0 Å². The van der Waals surface area contributed by atoms with Crippen molar-refractivity contribution in [2.45, 2.75) is 0 Å². The first-order valence-corrected chi connectivity index (χ1v) is 5.15. The Morgan fingerprint density at radius 1 is 1.22 bits per heavy atom. The van der Waals surface area contributed by atoms with Gasteiger partial charge in [-0.1, -0.05) is 6.08 Å². The molecule has 0 atom stereocenters. The van der Waals surface area contributed by atoms with E-state index < -0.39 is 23.4 Å². The highest BCUT2D eigenvalue weighted by Gasteiger charge is 2.10. The molecule has 2 amide bonds. The molecular weight excluding hydrogens is 242 g/mol. The predicted molar refractivity (Wildman–Crippen MR) is 61.9 cm³/mol. The second-order valence-electron chi connectivity index (χ2n) is 3.40. The summed E-state index contributed by atoms with van der Waals surface area (Å²) in [6.07, 6.45) is 1.50. The smallest absolute Gasteiger partial charge is 0.251 e. The first kappa shape index (κ1) is 13.8. The van der Waals surface area contributed by atoms with Crippen molar-refractivity contribution in [1.29, 1.82) is 0 Å². The number of halogens is 2. The Morgan fingerprint density at radius 3 is 2.56 bits per heavy atom. The van der Waals surface area contributed by atoms with Crippen molar-refractivity contribution >= 4 is 11.8 Å². The van der Waals surface area contributed by atoms with Crippen molar-refractivity contribution in [3.63, 3.8) is 0 Å². The summed E-state index contributed by atoms with van der Waals surface area (Å²) in [6, 6.07) is 2.75. The van der Waals surface area contributed by atoms with E-state index in [4.69, 9.17) is 0 Å². The van der Waals surface area contributed by atoms with Crippen molar-refractivity contribution in [1.82, 2.24) is 10.6 Å². The summed E-state index contributed by atoms with van der Waals surface area (Å²) in [5.74, 6) is -3.19. The van der Waals surface area contributed by atoms with E-state index in [-0.39, 0.29) is 12.1 Å². The third-order valence-electron chi connectivity index (χ3n) is 2.03. The average Bonchev–Trinajstić information content (AvgIpc) is 2.36. The van der Waals surface area contributed by atoms with Crippen LogP contribution in [0.25, 0.3) is 0 Å². The summed E-state index contributed by atoms with van der Waals surface area (Å²) in [4.78, 5) is 22.6. The van der Waals surface area contributed by atoms with Crippen LogP contribution in [0.4, 0.5) is 8.78 Å². The van der Waals surface area contributed by atoms with Crippen LogP contribution in [0, 0.1) is 11.6 Å². The van der Waals surface area contributed by atoms with Gasteiger partial charge in [-0.25, -0.2) is 8.78 Å². The molecule has 0 aliphatic heterocycles. The van der Waals surface area contributed by atoms with E-state index >= 15 is 0 Å². The second-order valence-corrected chi connectivity index (χ2v) is 3.40. The van der Waals surface area contributed by atoms with Gasteiger partial charge in [0.1, 0.15) is 0 Å². The van der Waals surface area contributed by atoms with Gasteiger partial charge in [0.05, 0.1) is 6.54 Å². The van der Waals surface area contributed by atoms with Crippen molar-refractivity contribution in [3.05, 3.63) is 48.1 Å². The molecule has 0 spiro atoms. The fourth-order valence-corrected chi connectivity index (χ4v) is 1.15. The number of hydrogen-bond acceptors (Lipinski definition) is 2. The molecule has 0 aromatic heterocycles. The predicted octanol–water partition coefficient (Wildman–Crippen LogP) is 0.997. The molecule has 1 aromatic carbocycles. The molecule has 0 bridgehead atoms. The normalized spacial score (nSPS) is 9.67. The van der Waals surface area contributed by atoms with Gasteiger partial charge < -0.3 is 10.6 Å². The third kappa shape index (κ3) is 3.97. The topological polar surface area (TPSA) is 58.2 Å². The number of rotatable bonds is 5. The monoisotopic (exact) mass is 254 g/mol. The Morgan fingerprint density at radius 2 is 1.94 bits per heavy atom. The van der Waals surface area contributed by atoms with Gasteiger partial charge in [-0.3, -0.25) is 9.59 Å². The molecule has 4 nitrogen and oxygen atoms in total. The molecule has 1 aromatic rings. The molecule has 0 unspecified atom stereocenters. The van der Waals surface area contributed by atoms with Gasteiger partial charge in [0.25, 0.3) is 5.91 Å². The van der Waals surface area contributed by atoms with E-state index in [1.54, 1.807) is 0 Å². The van der Waals surface area contributed by atoms with Gasteiger partial charge >= 0.3 is 0 Å². The van der Waals surface area contributed by atoms with E-state index in [1.807, 2.05) is 0 Å². The molecule has 18 heavy (non-hydrogen) atoms. The fourth-order valence-electron chi connectivity index (χ4n) is 1.15. The molecule has 0 saturated carbocycles. The van der Waals surface area contributed by atoms with Gasteiger partial charge in [-0.05, 0) is 18.2 Å². The Hall–Kier alpha value is -2.24. The number of amides is 2. The first-order chi connectivity index (χ1) is 8.54. The summed E-state index contributed by atoms with van der Waals surface area (Å²) in [5, 5.41) is 4.73. The van der Waals surface area contributed by atoms with Gasteiger partial charge in [-0.15, -0.1) is 6.58 Å². The number of benzene rings is 1. The highest BCUT2D eigenvalue weighted by atomic mass is 19.2. The minimum absolute atomic E-state index is 0.0505. The van der Waals surface area contributed by atoms with Crippen LogP contribution >= 0.6 is 0 Å². The lowest BCUT2D eigenvalue weighted by Gasteiger charge is -2.05. The van der Waals surface area contributed by atoms with Crippen LogP contribution in [0.1, 0.15) is 10.4 Å². The van der Waals surface area contributed by atoms with E-state index in [0.29, 0.717) is 6.54 Å². The third-order valence-corrected chi connectivity index (χ3v) is 2.03. The maximum Gasteiger partial charge on any atom is 0.251 e. The Bertz CT molecular complexity index is 475. The number of carbonyl (C=O) groups excluding carboxylic acids is 2. The number of nitrogens with one attached hydrogen (secondary N) is 2. The molecule has 0 saturated heterocycles. The molecule has 0 aliphatic rings. The van der Waals surface area contributed by atoms with Crippen molar-refractivity contribution < 1.29 is 18.4 Å². The molecule has 2 N–H and O–H groups in total. The van der Waals surface area contributed by atoms with Crippen LogP contribution in [0.5, 0.6) is 0 Å². The summed E-state index contributed by atoms with van der Waals surface area (Å²) >= 11 is 0. The SMILES string of the molecule is C=CCNC(=O)CNC(=O)c1ccc(F)c(F)c1. The van der Waals surface area contributed by atoms with Crippen LogP contribution < -0.4 is 10.6 Å². The summed E-state index contributed by atoms with van der Waals surface area (Å²) in [6.45, 7) is 3.46. The average molecular weight is 254 g/mol. The molecule has 0 heterocycles. The van der Waals surface area contributed by atoms with E-state index in [1.165, 1.54) is 6.08 Å². The molecule has 6 heteroatoms. The van der Waals surface area contributed by atoms with Crippen molar-refractivity contribution in [3.8, 4) is 0 Å². The molecule has 0 radical (unpaired) electrons. The zero-order valence-electron chi connectivity index (χ0n) is 9.50. The molecule has 96 valence electrons. The van der Waals surface area contributed by atoms with Crippen LogP contribution in [-0.4, -0.2) is 24.9 Å². The van der Waals surface area contributed by atoms with E-state index in [9.17, 15) is 18.4 Å².